The first kappa shape index (κ1) is 22.7. The second-order valence-electron chi connectivity index (χ2n) is 8.56. The van der Waals surface area contributed by atoms with E-state index in [-0.39, 0.29) is 29.2 Å². The van der Waals surface area contributed by atoms with Crippen LogP contribution in [0.15, 0.2) is 42.5 Å². The first-order valence-electron chi connectivity index (χ1n) is 10.7. The van der Waals surface area contributed by atoms with Crippen molar-refractivity contribution < 1.29 is 34.7 Å². The molecule has 0 aromatic heterocycles. The van der Waals surface area contributed by atoms with Crippen LogP contribution in [-0.2, 0) is 11.7 Å². The van der Waals surface area contributed by atoms with Gasteiger partial charge in [-0.25, -0.2) is 4.90 Å². The van der Waals surface area contributed by atoms with Gasteiger partial charge in [0.15, 0.2) is 17.3 Å². The van der Waals surface area contributed by atoms with Gasteiger partial charge in [-0.15, -0.1) is 0 Å². The fraction of sp³-hybridized carbons (Fsp3) is 0.458. The standard InChI is InChI=1S/C24H29NO7/c1-31-20-13-17-18(14-21(20)32-2)23(27,28)19(22(17)26)12-15-8-10-25(11-9-15)24(29,30)16-6-4-3-5-7-16/h3-7,13-15,19,27-30H,8-12H2,1-2H3. The molecule has 1 aliphatic heterocycles. The fourth-order valence-corrected chi connectivity index (χ4v) is 4.87. The molecular weight excluding hydrogens is 414 g/mol. The maximum atomic E-state index is 13.1. The topological polar surface area (TPSA) is 120 Å². The van der Waals surface area contributed by atoms with Gasteiger partial charge in [-0.2, -0.15) is 0 Å². The highest BCUT2D eigenvalue weighted by atomic mass is 16.5. The Morgan fingerprint density at radius 1 is 1.03 bits per heavy atom. The van der Waals surface area contributed by atoms with Crippen LogP contribution in [0.25, 0.3) is 0 Å². The molecule has 1 atom stereocenters. The molecule has 1 unspecified atom stereocenters. The molecule has 2 aromatic rings. The molecule has 4 N–H and O–H groups in total. The van der Waals surface area contributed by atoms with Crippen molar-refractivity contribution in [3.63, 3.8) is 0 Å². The molecule has 172 valence electrons. The first-order valence-corrected chi connectivity index (χ1v) is 10.7. The lowest BCUT2D eigenvalue weighted by Gasteiger charge is -2.41. The van der Waals surface area contributed by atoms with Gasteiger partial charge in [0.05, 0.1) is 20.1 Å². The van der Waals surface area contributed by atoms with E-state index in [1.54, 1.807) is 29.2 Å². The van der Waals surface area contributed by atoms with Gasteiger partial charge in [-0.05, 0) is 37.3 Å². The zero-order valence-electron chi connectivity index (χ0n) is 18.2. The van der Waals surface area contributed by atoms with Gasteiger partial charge in [-0.3, -0.25) is 4.79 Å². The number of benzene rings is 2. The van der Waals surface area contributed by atoms with Crippen LogP contribution >= 0.6 is 0 Å². The van der Waals surface area contributed by atoms with Crippen LogP contribution in [0.4, 0.5) is 0 Å². The van der Waals surface area contributed by atoms with Crippen LogP contribution in [0.1, 0.15) is 40.7 Å². The lowest BCUT2D eigenvalue weighted by molar-refractivity contribution is -0.281. The molecule has 1 saturated heterocycles. The monoisotopic (exact) mass is 443 g/mol. The average Bonchev–Trinajstić information content (AvgIpc) is 2.99. The number of hydrogen-bond donors (Lipinski definition) is 4. The molecule has 0 radical (unpaired) electrons. The van der Waals surface area contributed by atoms with E-state index in [4.69, 9.17) is 9.47 Å². The second-order valence-corrected chi connectivity index (χ2v) is 8.56. The molecule has 0 saturated carbocycles. The van der Waals surface area contributed by atoms with Crippen LogP contribution in [0.2, 0.25) is 0 Å². The Balaban J connectivity index is 1.47. The molecule has 4 rings (SSSR count). The number of carbonyl (C=O) groups excluding carboxylic acids is 1. The minimum atomic E-state index is -2.30. The molecule has 1 fully saturated rings. The van der Waals surface area contributed by atoms with Crippen LogP contribution in [0.3, 0.4) is 0 Å². The van der Waals surface area contributed by atoms with Crippen molar-refractivity contribution in [1.29, 1.82) is 0 Å². The first-order chi connectivity index (χ1) is 15.2. The Bertz CT molecular complexity index is 981. The largest absolute Gasteiger partial charge is 0.493 e. The molecule has 2 aliphatic rings. The average molecular weight is 443 g/mol. The summed E-state index contributed by atoms with van der Waals surface area (Å²) in [5.41, 5.74) is 0.743. The van der Waals surface area contributed by atoms with Gasteiger partial charge in [0, 0.05) is 29.8 Å². The number of hydrogen-bond acceptors (Lipinski definition) is 8. The van der Waals surface area contributed by atoms with Crippen molar-refractivity contribution in [1.82, 2.24) is 4.90 Å². The summed E-state index contributed by atoms with van der Waals surface area (Å²) in [6.45, 7) is 0.817. The molecule has 0 bridgehead atoms. The molecule has 0 amide bonds. The summed E-state index contributed by atoms with van der Waals surface area (Å²) in [5.74, 6) is -5.01. The third kappa shape index (κ3) is 3.78. The number of fused-ring (bicyclic) bond motifs is 1. The summed E-state index contributed by atoms with van der Waals surface area (Å²) >= 11 is 0. The van der Waals surface area contributed by atoms with Crippen molar-refractivity contribution in [3.05, 3.63) is 59.2 Å². The predicted octanol–water partition coefficient (Wildman–Crippen LogP) is 1.55. The maximum Gasteiger partial charge on any atom is 0.253 e. The lowest BCUT2D eigenvalue weighted by atomic mass is 9.83. The molecule has 2 aromatic carbocycles. The van der Waals surface area contributed by atoms with E-state index in [0.29, 0.717) is 43.0 Å². The number of ketones is 1. The van der Waals surface area contributed by atoms with Gasteiger partial charge >= 0.3 is 0 Å². The lowest BCUT2D eigenvalue weighted by Crippen LogP contribution is -2.50. The normalized spacial score (nSPS) is 21.4. The highest BCUT2D eigenvalue weighted by molar-refractivity contribution is 6.04. The van der Waals surface area contributed by atoms with Crippen molar-refractivity contribution in [2.45, 2.75) is 31.0 Å². The number of carbonyl (C=O) groups is 1. The van der Waals surface area contributed by atoms with Crippen molar-refractivity contribution in [2.24, 2.45) is 11.8 Å². The van der Waals surface area contributed by atoms with Crippen molar-refractivity contribution >= 4 is 5.78 Å². The Hall–Kier alpha value is -2.49. The Labute approximate surface area is 186 Å². The Morgan fingerprint density at radius 2 is 1.62 bits per heavy atom. The SMILES string of the molecule is COc1cc2c(cc1OC)C(O)(O)C(CC1CCN(C(O)(O)c3ccccc3)CC1)C2=O. The zero-order valence-corrected chi connectivity index (χ0v) is 18.2. The highest BCUT2D eigenvalue weighted by Crippen LogP contribution is 2.47. The van der Waals surface area contributed by atoms with Crippen LogP contribution < -0.4 is 9.47 Å². The van der Waals surface area contributed by atoms with Gasteiger partial charge in [0.25, 0.3) is 5.91 Å². The van der Waals surface area contributed by atoms with Gasteiger partial charge in [-0.1, -0.05) is 30.3 Å². The number of nitrogens with zero attached hydrogens (tertiary/aromatic N) is 1. The summed E-state index contributed by atoms with van der Waals surface area (Å²) < 4.78 is 10.5. The molecule has 8 nitrogen and oxygen atoms in total. The number of rotatable bonds is 6. The van der Waals surface area contributed by atoms with E-state index in [2.05, 4.69) is 0 Å². The highest BCUT2D eigenvalue weighted by Gasteiger charge is 2.51. The summed E-state index contributed by atoms with van der Waals surface area (Å²) in [4.78, 5) is 14.6. The van der Waals surface area contributed by atoms with E-state index in [1.807, 2.05) is 6.07 Å². The number of ether oxygens (including phenoxy) is 2. The minimum Gasteiger partial charge on any atom is -0.493 e. The summed E-state index contributed by atoms with van der Waals surface area (Å²) in [6, 6.07) is 11.6. The molecular formula is C24H29NO7. The number of aliphatic hydroxyl groups is 4. The van der Waals surface area contributed by atoms with Crippen LogP contribution in [0.5, 0.6) is 11.5 Å². The van der Waals surface area contributed by atoms with Crippen molar-refractivity contribution in [2.75, 3.05) is 27.3 Å². The number of methoxy groups -OCH3 is 2. The third-order valence-electron chi connectivity index (χ3n) is 6.77. The fourth-order valence-electron chi connectivity index (χ4n) is 4.87. The number of Topliss-reactive ketones (excluding diaryl/α,β-unsaturated/α-hetero) is 1. The molecule has 1 heterocycles. The van der Waals surface area contributed by atoms with Crippen LogP contribution in [-0.4, -0.2) is 58.4 Å². The van der Waals surface area contributed by atoms with E-state index in [0.717, 1.165) is 0 Å². The summed E-state index contributed by atoms with van der Waals surface area (Å²) in [6.07, 6.45) is 1.48. The Kier molecular flexibility index (Phi) is 6.00. The van der Waals surface area contributed by atoms with E-state index < -0.39 is 17.6 Å². The Morgan fingerprint density at radius 3 is 2.22 bits per heavy atom. The maximum absolute atomic E-state index is 13.1. The van der Waals surface area contributed by atoms with E-state index in [9.17, 15) is 25.2 Å². The smallest absolute Gasteiger partial charge is 0.253 e. The van der Waals surface area contributed by atoms with Gasteiger partial charge < -0.3 is 29.9 Å². The van der Waals surface area contributed by atoms with E-state index >= 15 is 0 Å². The number of likely N-dealkylation sites (tertiary alicyclic amines) is 1. The van der Waals surface area contributed by atoms with Crippen molar-refractivity contribution in [3.8, 4) is 11.5 Å². The minimum absolute atomic E-state index is 0.0311. The molecule has 1 aliphatic carbocycles. The predicted molar refractivity (Wildman–Crippen MR) is 115 cm³/mol. The van der Waals surface area contributed by atoms with Gasteiger partial charge in [0.2, 0.25) is 5.79 Å². The molecule has 0 spiro atoms. The van der Waals surface area contributed by atoms with Crippen LogP contribution in [0, 0.1) is 11.8 Å². The second kappa shape index (κ2) is 8.46. The summed E-state index contributed by atoms with van der Waals surface area (Å²) in [7, 11) is 2.90. The quantitative estimate of drug-likeness (QED) is 0.497. The summed E-state index contributed by atoms with van der Waals surface area (Å²) in [5, 5.41) is 43.0. The molecule has 8 heteroatoms. The number of piperidine rings is 1. The van der Waals surface area contributed by atoms with Gasteiger partial charge in [0.1, 0.15) is 0 Å². The van der Waals surface area contributed by atoms with E-state index in [1.165, 1.54) is 26.4 Å². The zero-order chi connectivity index (χ0) is 23.1. The third-order valence-corrected chi connectivity index (χ3v) is 6.77. The molecule has 32 heavy (non-hydrogen) atoms.